The molecule has 0 radical (unpaired) electrons. The molecule has 1 N–H and O–H groups in total. The monoisotopic (exact) mass is 404 g/mol. The largest absolute Gasteiger partial charge is 0.368 e. The van der Waals surface area contributed by atoms with Crippen LogP contribution in [0.2, 0.25) is 0 Å². The summed E-state index contributed by atoms with van der Waals surface area (Å²) in [7, 11) is 0. The van der Waals surface area contributed by atoms with Crippen LogP contribution in [0.15, 0.2) is 36.5 Å². The SMILES string of the molecule is Cc1cn2nc(-c3ccc4cc(N5C[C@@H](C)N[C@H](C)C5)cc(F)c4n3)cc(C)c2n1. The Labute approximate surface area is 174 Å². The summed E-state index contributed by atoms with van der Waals surface area (Å²) in [6, 6.07) is 10.1. The highest BCUT2D eigenvalue weighted by molar-refractivity contribution is 5.85. The van der Waals surface area contributed by atoms with Crippen molar-refractivity contribution in [2.45, 2.75) is 39.8 Å². The molecule has 0 saturated carbocycles. The van der Waals surface area contributed by atoms with E-state index in [1.807, 2.05) is 44.3 Å². The number of aryl methyl sites for hydroxylation is 2. The number of imidazole rings is 1. The Kier molecular flexibility index (Phi) is 4.43. The Balaban J connectivity index is 1.56. The number of halogens is 1. The first-order chi connectivity index (χ1) is 14.4. The van der Waals surface area contributed by atoms with Crippen molar-refractivity contribution < 1.29 is 4.39 Å². The minimum atomic E-state index is -0.306. The van der Waals surface area contributed by atoms with Crippen molar-refractivity contribution in [2.75, 3.05) is 18.0 Å². The van der Waals surface area contributed by atoms with E-state index < -0.39 is 0 Å². The van der Waals surface area contributed by atoms with Crippen LogP contribution in [0.1, 0.15) is 25.1 Å². The van der Waals surface area contributed by atoms with Gasteiger partial charge in [0.05, 0.1) is 17.6 Å². The van der Waals surface area contributed by atoms with Gasteiger partial charge in [-0.3, -0.25) is 0 Å². The van der Waals surface area contributed by atoms with Crippen LogP contribution in [-0.4, -0.2) is 44.8 Å². The lowest BCUT2D eigenvalue weighted by Gasteiger charge is -2.37. The highest BCUT2D eigenvalue weighted by atomic mass is 19.1. The van der Waals surface area contributed by atoms with Gasteiger partial charge in [-0.15, -0.1) is 0 Å². The van der Waals surface area contributed by atoms with Gasteiger partial charge in [-0.05, 0) is 57.5 Å². The molecule has 4 aromatic rings. The summed E-state index contributed by atoms with van der Waals surface area (Å²) in [4.78, 5) is 11.3. The summed E-state index contributed by atoms with van der Waals surface area (Å²) < 4.78 is 16.8. The molecule has 1 aliphatic heterocycles. The van der Waals surface area contributed by atoms with Gasteiger partial charge in [-0.25, -0.2) is 18.9 Å². The smallest absolute Gasteiger partial charge is 0.156 e. The first kappa shape index (κ1) is 18.9. The number of anilines is 1. The molecule has 2 atom stereocenters. The number of hydrogen-bond donors (Lipinski definition) is 1. The van der Waals surface area contributed by atoms with Crippen LogP contribution in [0.5, 0.6) is 0 Å². The number of hydrogen-bond acceptors (Lipinski definition) is 5. The van der Waals surface area contributed by atoms with Gasteiger partial charge < -0.3 is 10.2 Å². The highest BCUT2D eigenvalue weighted by Gasteiger charge is 2.22. The Morgan fingerprint density at radius 2 is 1.77 bits per heavy atom. The van der Waals surface area contributed by atoms with Crippen molar-refractivity contribution in [1.29, 1.82) is 0 Å². The Morgan fingerprint density at radius 1 is 1.00 bits per heavy atom. The highest BCUT2D eigenvalue weighted by Crippen LogP contribution is 2.28. The van der Waals surface area contributed by atoms with E-state index >= 15 is 4.39 Å². The van der Waals surface area contributed by atoms with Crippen LogP contribution in [-0.2, 0) is 0 Å². The zero-order valence-electron chi connectivity index (χ0n) is 17.6. The minimum Gasteiger partial charge on any atom is -0.368 e. The van der Waals surface area contributed by atoms with Gasteiger partial charge in [0.15, 0.2) is 11.5 Å². The summed E-state index contributed by atoms with van der Waals surface area (Å²) in [5.74, 6) is -0.306. The van der Waals surface area contributed by atoms with E-state index in [-0.39, 0.29) is 5.82 Å². The molecule has 1 aliphatic rings. The van der Waals surface area contributed by atoms with Crippen molar-refractivity contribution in [1.82, 2.24) is 24.9 Å². The van der Waals surface area contributed by atoms with Crippen LogP contribution in [0, 0.1) is 19.7 Å². The zero-order valence-corrected chi connectivity index (χ0v) is 17.6. The van der Waals surface area contributed by atoms with Crippen LogP contribution in [0.3, 0.4) is 0 Å². The third kappa shape index (κ3) is 3.29. The van der Waals surface area contributed by atoms with Crippen LogP contribution < -0.4 is 10.2 Å². The van der Waals surface area contributed by atoms with Gasteiger partial charge in [0, 0.05) is 36.2 Å². The number of benzene rings is 1. The van der Waals surface area contributed by atoms with Crippen molar-refractivity contribution in [2.24, 2.45) is 0 Å². The van der Waals surface area contributed by atoms with Crippen LogP contribution in [0.25, 0.3) is 27.9 Å². The normalized spacial score (nSPS) is 19.7. The van der Waals surface area contributed by atoms with E-state index in [4.69, 9.17) is 0 Å². The standard InChI is InChI=1S/C23H25FN6/c1-13-7-21(28-30-12-16(4)26-23(13)30)20-6-5-17-8-18(9-19(24)22(17)27-20)29-10-14(2)25-15(3)11-29/h5-9,12,14-15,25H,10-11H2,1-4H3/t14-,15-/m1/s1. The quantitative estimate of drug-likeness (QED) is 0.549. The van der Waals surface area contributed by atoms with Gasteiger partial charge in [-0.1, -0.05) is 6.07 Å². The molecule has 4 heterocycles. The fraction of sp³-hybridized carbons (Fsp3) is 0.348. The maximum atomic E-state index is 15.1. The summed E-state index contributed by atoms with van der Waals surface area (Å²) in [6.45, 7) is 9.96. The molecule has 1 fully saturated rings. The van der Waals surface area contributed by atoms with E-state index in [1.54, 1.807) is 10.6 Å². The zero-order chi connectivity index (χ0) is 21.0. The summed E-state index contributed by atoms with van der Waals surface area (Å²) >= 11 is 0. The Morgan fingerprint density at radius 3 is 2.53 bits per heavy atom. The second kappa shape index (κ2) is 7.02. The van der Waals surface area contributed by atoms with E-state index in [1.165, 1.54) is 0 Å². The van der Waals surface area contributed by atoms with Crippen molar-refractivity contribution in [3.05, 3.63) is 53.6 Å². The molecule has 3 aromatic heterocycles. The first-order valence-corrected chi connectivity index (χ1v) is 10.3. The average molecular weight is 404 g/mol. The lowest BCUT2D eigenvalue weighted by molar-refractivity contribution is 0.407. The number of pyridine rings is 1. The maximum Gasteiger partial charge on any atom is 0.156 e. The van der Waals surface area contributed by atoms with E-state index in [0.29, 0.717) is 29.0 Å². The van der Waals surface area contributed by atoms with Gasteiger partial charge in [0.25, 0.3) is 0 Å². The maximum absolute atomic E-state index is 15.1. The van der Waals surface area contributed by atoms with Crippen LogP contribution >= 0.6 is 0 Å². The second-order valence-corrected chi connectivity index (χ2v) is 8.43. The fourth-order valence-corrected chi connectivity index (χ4v) is 4.41. The van der Waals surface area contributed by atoms with Gasteiger partial charge in [-0.2, -0.15) is 5.10 Å². The topological polar surface area (TPSA) is 58.4 Å². The lowest BCUT2D eigenvalue weighted by atomic mass is 10.1. The van der Waals surface area contributed by atoms with E-state index in [0.717, 1.165) is 41.1 Å². The van der Waals surface area contributed by atoms with Crippen molar-refractivity contribution in [3.63, 3.8) is 0 Å². The molecule has 30 heavy (non-hydrogen) atoms. The molecule has 5 rings (SSSR count). The van der Waals surface area contributed by atoms with E-state index in [9.17, 15) is 0 Å². The van der Waals surface area contributed by atoms with Gasteiger partial charge >= 0.3 is 0 Å². The fourth-order valence-electron chi connectivity index (χ4n) is 4.41. The third-order valence-electron chi connectivity index (χ3n) is 5.65. The number of aromatic nitrogens is 4. The van der Waals surface area contributed by atoms with Crippen molar-refractivity contribution >= 4 is 22.2 Å². The van der Waals surface area contributed by atoms with Crippen molar-refractivity contribution in [3.8, 4) is 11.4 Å². The molecule has 0 bridgehead atoms. The molecule has 1 aromatic carbocycles. The Hall–Kier alpha value is -3.06. The molecule has 154 valence electrons. The molecule has 6 nitrogen and oxygen atoms in total. The van der Waals surface area contributed by atoms with Gasteiger partial charge in [0.2, 0.25) is 0 Å². The molecular formula is C23H25FN6. The lowest BCUT2D eigenvalue weighted by Crippen LogP contribution is -2.54. The Bertz CT molecular complexity index is 1250. The number of fused-ring (bicyclic) bond motifs is 2. The number of nitrogens with zero attached hydrogens (tertiary/aromatic N) is 5. The average Bonchev–Trinajstić information content (AvgIpc) is 3.08. The predicted molar refractivity (Wildman–Crippen MR) is 117 cm³/mol. The summed E-state index contributed by atoms with van der Waals surface area (Å²) in [6.07, 6.45) is 1.88. The number of piperazine rings is 1. The molecule has 1 saturated heterocycles. The number of rotatable bonds is 2. The molecular weight excluding hydrogens is 379 g/mol. The minimum absolute atomic E-state index is 0.306. The molecule has 0 amide bonds. The van der Waals surface area contributed by atoms with Crippen LogP contribution in [0.4, 0.5) is 10.1 Å². The third-order valence-corrected chi connectivity index (χ3v) is 5.65. The second-order valence-electron chi connectivity index (χ2n) is 8.43. The molecule has 7 heteroatoms. The molecule has 0 unspecified atom stereocenters. The number of nitrogens with one attached hydrogen (secondary N) is 1. The molecule has 0 spiro atoms. The van der Waals surface area contributed by atoms with Gasteiger partial charge in [0.1, 0.15) is 11.2 Å². The summed E-state index contributed by atoms with van der Waals surface area (Å²) in [5.41, 5.74) is 5.36. The summed E-state index contributed by atoms with van der Waals surface area (Å²) in [5, 5.41) is 8.93. The molecule has 0 aliphatic carbocycles. The van der Waals surface area contributed by atoms with E-state index in [2.05, 4.69) is 39.1 Å². The first-order valence-electron chi connectivity index (χ1n) is 10.3. The predicted octanol–water partition coefficient (Wildman–Crippen LogP) is 3.89.